The van der Waals surface area contributed by atoms with Crippen molar-refractivity contribution in [1.29, 1.82) is 5.26 Å². The fourth-order valence-corrected chi connectivity index (χ4v) is 4.55. The number of hydrogen-bond donors (Lipinski definition) is 1. The number of nitrogens with zero attached hydrogens (tertiary/aromatic N) is 1. The van der Waals surface area contributed by atoms with E-state index in [9.17, 15) is 5.26 Å². The molecule has 0 unspecified atom stereocenters. The summed E-state index contributed by atoms with van der Waals surface area (Å²) in [6.45, 7) is 0.365. The van der Waals surface area contributed by atoms with Crippen LogP contribution in [0.15, 0.2) is 60.0 Å². The fourth-order valence-electron chi connectivity index (χ4n) is 3.81. The van der Waals surface area contributed by atoms with Crippen LogP contribution in [0.4, 0.5) is 0 Å². The SMILES string of the molecule is N#CC1=C(N)Oc2cc3c(cc2[C@@H]1c1cc(Cl)c(OCc2ccc(Cl)cc2)c(Cl)c1)OCO3. The summed E-state index contributed by atoms with van der Waals surface area (Å²) in [5.41, 5.74) is 8.56. The van der Waals surface area contributed by atoms with Crippen LogP contribution >= 0.6 is 34.8 Å². The molecule has 0 fully saturated rings. The van der Waals surface area contributed by atoms with E-state index >= 15 is 0 Å². The van der Waals surface area contributed by atoms with Crippen LogP contribution in [0.2, 0.25) is 15.1 Å². The van der Waals surface area contributed by atoms with Crippen LogP contribution in [0.1, 0.15) is 22.6 Å². The number of rotatable bonds is 4. The number of nitriles is 1. The maximum absolute atomic E-state index is 9.81. The summed E-state index contributed by atoms with van der Waals surface area (Å²) < 4.78 is 22.5. The monoisotopic (exact) mass is 500 g/mol. The van der Waals surface area contributed by atoms with Gasteiger partial charge in [0.05, 0.1) is 16.0 Å². The van der Waals surface area contributed by atoms with E-state index in [0.29, 0.717) is 49.2 Å². The molecule has 0 aliphatic carbocycles. The van der Waals surface area contributed by atoms with E-state index in [1.165, 1.54) is 0 Å². The average molecular weight is 502 g/mol. The number of ether oxygens (including phenoxy) is 4. The smallest absolute Gasteiger partial charge is 0.231 e. The van der Waals surface area contributed by atoms with Gasteiger partial charge < -0.3 is 24.7 Å². The minimum Gasteiger partial charge on any atom is -0.486 e. The van der Waals surface area contributed by atoms with Crippen molar-refractivity contribution in [1.82, 2.24) is 0 Å². The maximum atomic E-state index is 9.81. The van der Waals surface area contributed by atoms with E-state index in [-0.39, 0.29) is 24.9 Å². The predicted molar refractivity (Wildman–Crippen MR) is 124 cm³/mol. The third-order valence-corrected chi connectivity index (χ3v) is 6.17. The van der Waals surface area contributed by atoms with Crippen molar-refractivity contribution in [3.63, 3.8) is 0 Å². The summed E-state index contributed by atoms with van der Waals surface area (Å²) in [4.78, 5) is 0. The first kappa shape index (κ1) is 21.6. The Labute approximate surface area is 204 Å². The molecule has 3 aromatic carbocycles. The lowest BCUT2D eigenvalue weighted by molar-refractivity contribution is 0.174. The zero-order valence-electron chi connectivity index (χ0n) is 16.9. The number of hydrogen-bond acceptors (Lipinski definition) is 6. The Morgan fingerprint density at radius 3 is 2.30 bits per heavy atom. The van der Waals surface area contributed by atoms with Gasteiger partial charge in [-0.15, -0.1) is 0 Å². The summed E-state index contributed by atoms with van der Waals surface area (Å²) in [6.07, 6.45) is 0. The largest absolute Gasteiger partial charge is 0.486 e. The first-order valence-electron chi connectivity index (χ1n) is 9.82. The Morgan fingerprint density at radius 1 is 0.970 bits per heavy atom. The molecule has 33 heavy (non-hydrogen) atoms. The van der Waals surface area contributed by atoms with Crippen molar-refractivity contribution in [3.05, 3.63) is 91.7 Å². The molecule has 0 aromatic heterocycles. The number of benzene rings is 3. The van der Waals surface area contributed by atoms with E-state index in [0.717, 1.165) is 5.56 Å². The Morgan fingerprint density at radius 2 is 1.64 bits per heavy atom. The lowest BCUT2D eigenvalue weighted by atomic mass is 9.83. The summed E-state index contributed by atoms with van der Waals surface area (Å²) in [5, 5.41) is 11.1. The summed E-state index contributed by atoms with van der Waals surface area (Å²) in [6, 6.07) is 16.3. The van der Waals surface area contributed by atoms with Crippen LogP contribution in [-0.2, 0) is 6.61 Å². The molecule has 2 heterocycles. The summed E-state index contributed by atoms with van der Waals surface area (Å²) in [7, 11) is 0. The molecule has 0 saturated heterocycles. The fraction of sp³-hybridized carbons (Fsp3) is 0.125. The molecule has 1 atom stereocenters. The third kappa shape index (κ3) is 4.00. The van der Waals surface area contributed by atoms with E-state index < -0.39 is 5.92 Å². The van der Waals surface area contributed by atoms with Crippen LogP contribution in [0.5, 0.6) is 23.0 Å². The van der Waals surface area contributed by atoms with Crippen molar-refractivity contribution in [2.45, 2.75) is 12.5 Å². The molecule has 0 spiro atoms. The highest BCUT2D eigenvalue weighted by Crippen LogP contribution is 2.49. The molecule has 166 valence electrons. The molecule has 9 heteroatoms. The Balaban J connectivity index is 1.52. The molecule has 2 aliphatic rings. The molecule has 5 rings (SSSR count). The standard InChI is InChI=1S/C24H15Cl3N2O4/c25-14-3-1-12(2-4-14)10-30-23-17(26)5-13(6-18(23)27)22-15-7-20-21(32-11-31-20)8-19(15)33-24(29)16(22)9-28/h1-8,22H,10-11,29H2/t22-/m0/s1. The van der Waals surface area contributed by atoms with Crippen LogP contribution in [-0.4, -0.2) is 6.79 Å². The van der Waals surface area contributed by atoms with Crippen molar-refractivity contribution < 1.29 is 18.9 Å². The zero-order valence-corrected chi connectivity index (χ0v) is 19.2. The second kappa shape index (κ2) is 8.60. The highest BCUT2D eigenvalue weighted by Gasteiger charge is 2.34. The van der Waals surface area contributed by atoms with E-state index in [1.807, 2.05) is 12.1 Å². The van der Waals surface area contributed by atoms with Crippen molar-refractivity contribution in [2.24, 2.45) is 5.73 Å². The van der Waals surface area contributed by atoms with Gasteiger partial charge in [0.1, 0.15) is 24.0 Å². The van der Waals surface area contributed by atoms with Gasteiger partial charge in [-0.1, -0.05) is 46.9 Å². The first-order valence-corrected chi connectivity index (χ1v) is 11.0. The molecular formula is C24H15Cl3N2O4. The number of nitrogens with two attached hydrogens (primary N) is 1. The van der Waals surface area contributed by atoms with Crippen LogP contribution in [0.25, 0.3) is 0 Å². The van der Waals surface area contributed by atoms with Gasteiger partial charge in [-0.05, 0) is 41.5 Å². The van der Waals surface area contributed by atoms with Gasteiger partial charge in [0, 0.05) is 16.7 Å². The van der Waals surface area contributed by atoms with Crippen molar-refractivity contribution in [2.75, 3.05) is 6.79 Å². The minimum atomic E-state index is -0.562. The number of halogens is 3. The summed E-state index contributed by atoms with van der Waals surface area (Å²) in [5.74, 6) is 1.35. The summed E-state index contributed by atoms with van der Waals surface area (Å²) >= 11 is 19.0. The Hall–Kier alpha value is -3.24. The zero-order chi connectivity index (χ0) is 23.1. The maximum Gasteiger partial charge on any atom is 0.231 e. The van der Waals surface area contributed by atoms with Gasteiger partial charge in [0.2, 0.25) is 12.7 Å². The van der Waals surface area contributed by atoms with Crippen molar-refractivity contribution >= 4 is 34.8 Å². The van der Waals surface area contributed by atoms with Gasteiger partial charge in [0.25, 0.3) is 0 Å². The number of fused-ring (bicyclic) bond motifs is 2. The molecule has 0 bridgehead atoms. The van der Waals surface area contributed by atoms with Crippen LogP contribution in [0.3, 0.4) is 0 Å². The van der Waals surface area contributed by atoms with Crippen molar-refractivity contribution in [3.8, 4) is 29.1 Å². The quantitative estimate of drug-likeness (QED) is 0.460. The van der Waals surface area contributed by atoms with E-state index in [2.05, 4.69) is 6.07 Å². The molecule has 2 aliphatic heterocycles. The average Bonchev–Trinajstić information content (AvgIpc) is 3.24. The Kier molecular flexibility index (Phi) is 5.63. The lowest BCUT2D eigenvalue weighted by Gasteiger charge is -2.27. The molecule has 0 radical (unpaired) electrons. The van der Waals surface area contributed by atoms with Gasteiger partial charge >= 0.3 is 0 Å². The molecule has 6 nitrogen and oxygen atoms in total. The highest BCUT2D eigenvalue weighted by molar-refractivity contribution is 6.37. The van der Waals surface area contributed by atoms with E-state index in [4.69, 9.17) is 59.5 Å². The Bertz CT molecular complexity index is 1310. The van der Waals surface area contributed by atoms with Crippen LogP contribution in [0, 0.1) is 11.3 Å². The van der Waals surface area contributed by atoms with Gasteiger partial charge in [-0.3, -0.25) is 0 Å². The predicted octanol–water partition coefficient (Wildman–Crippen LogP) is 6.17. The van der Waals surface area contributed by atoms with Gasteiger partial charge in [0.15, 0.2) is 17.2 Å². The number of allylic oxidation sites excluding steroid dienone is 1. The molecule has 2 N–H and O–H groups in total. The molecular weight excluding hydrogens is 487 g/mol. The second-order valence-electron chi connectivity index (χ2n) is 7.40. The van der Waals surface area contributed by atoms with Gasteiger partial charge in [-0.25, -0.2) is 0 Å². The van der Waals surface area contributed by atoms with E-state index in [1.54, 1.807) is 36.4 Å². The molecule has 0 amide bonds. The normalized spacial score (nSPS) is 16.1. The van der Waals surface area contributed by atoms with Gasteiger partial charge in [-0.2, -0.15) is 5.26 Å². The van der Waals surface area contributed by atoms with Crippen LogP contribution < -0.4 is 24.7 Å². The second-order valence-corrected chi connectivity index (χ2v) is 8.65. The minimum absolute atomic E-state index is 0.00387. The molecule has 0 saturated carbocycles. The highest BCUT2D eigenvalue weighted by atomic mass is 35.5. The molecule has 3 aromatic rings. The topological polar surface area (TPSA) is 86.7 Å². The third-order valence-electron chi connectivity index (χ3n) is 5.36. The lowest BCUT2D eigenvalue weighted by Crippen LogP contribution is -2.21. The first-order chi connectivity index (χ1) is 15.9.